The molecular formula is C17H29IN4O2. The summed E-state index contributed by atoms with van der Waals surface area (Å²) in [4.78, 5) is 6.87. The first-order valence-electron chi connectivity index (χ1n) is 8.47. The van der Waals surface area contributed by atoms with E-state index in [1.54, 1.807) is 32.4 Å². The summed E-state index contributed by atoms with van der Waals surface area (Å²) in [6, 6.07) is 4.77. The van der Waals surface area contributed by atoms with E-state index >= 15 is 0 Å². The second-order valence-electron chi connectivity index (χ2n) is 7.09. The summed E-state index contributed by atoms with van der Waals surface area (Å²) in [6.45, 7) is 6.59. The summed E-state index contributed by atoms with van der Waals surface area (Å²) in [6.07, 6.45) is 4.26. The number of aliphatic imine (C=N–C) groups is 1. The van der Waals surface area contributed by atoms with Crippen molar-refractivity contribution in [3.63, 3.8) is 0 Å². The largest absolute Gasteiger partial charge is 0.466 e. The minimum atomic E-state index is -1.07. The number of halogens is 1. The van der Waals surface area contributed by atoms with Gasteiger partial charge in [-0.3, -0.25) is 9.89 Å². The molecule has 2 heterocycles. The molecule has 1 saturated heterocycles. The summed E-state index contributed by atoms with van der Waals surface area (Å²) in [7, 11) is 1.76. The summed E-state index contributed by atoms with van der Waals surface area (Å²) < 4.78 is 5.31. The van der Waals surface area contributed by atoms with Crippen molar-refractivity contribution in [2.45, 2.75) is 44.4 Å². The number of aliphatic hydroxyl groups is 1. The number of hydrogen-bond acceptors (Lipinski definition) is 4. The lowest BCUT2D eigenvalue weighted by molar-refractivity contribution is 0.0385. The maximum Gasteiger partial charge on any atom is 0.191 e. The molecule has 1 aromatic heterocycles. The second kappa shape index (κ2) is 8.05. The number of hydrogen-bond donors (Lipinski definition) is 3. The van der Waals surface area contributed by atoms with Crippen molar-refractivity contribution in [2.75, 3.05) is 26.7 Å². The predicted molar refractivity (Wildman–Crippen MR) is 106 cm³/mol. The first kappa shape index (κ1) is 19.5. The van der Waals surface area contributed by atoms with Crippen LogP contribution in [0.5, 0.6) is 0 Å². The van der Waals surface area contributed by atoms with E-state index in [-0.39, 0.29) is 24.0 Å². The molecule has 136 valence electrons. The van der Waals surface area contributed by atoms with Crippen LogP contribution in [0.4, 0.5) is 0 Å². The lowest BCUT2D eigenvalue weighted by atomic mass is 10.0. The Morgan fingerprint density at radius 3 is 2.79 bits per heavy atom. The van der Waals surface area contributed by atoms with E-state index < -0.39 is 5.60 Å². The molecule has 0 aromatic carbocycles. The Labute approximate surface area is 161 Å². The monoisotopic (exact) mass is 448 g/mol. The number of likely N-dealkylation sites (tertiary alicyclic amines) is 1. The van der Waals surface area contributed by atoms with Crippen molar-refractivity contribution in [2.24, 2.45) is 10.9 Å². The van der Waals surface area contributed by atoms with Gasteiger partial charge in [0.05, 0.1) is 12.8 Å². The number of rotatable bonds is 5. The van der Waals surface area contributed by atoms with Crippen LogP contribution in [0.3, 0.4) is 0 Å². The molecule has 1 aliphatic carbocycles. The van der Waals surface area contributed by atoms with Gasteiger partial charge in [0.1, 0.15) is 11.4 Å². The van der Waals surface area contributed by atoms with Gasteiger partial charge in [-0.25, -0.2) is 0 Å². The van der Waals surface area contributed by atoms with E-state index in [4.69, 9.17) is 4.42 Å². The van der Waals surface area contributed by atoms with Crippen molar-refractivity contribution in [3.05, 3.63) is 24.2 Å². The molecule has 7 heteroatoms. The Morgan fingerprint density at radius 1 is 1.46 bits per heavy atom. The zero-order valence-electron chi connectivity index (χ0n) is 14.7. The molecule has 0 amide bonds. The molecule has 1 aliphatic heterocycles. The van der Waals surface area contributed by atoms with Crippen molar-refractivity contribution >= 4 is 29.9 Å². The van der Waals surface area contributed by atoms with Gasteiger partial charge in [-0.05, 0) is 37.8 Å². The minimum Gasteiger partial charge on any atom is -0.466 e. The van der Waals surface area contributed by atoms with Crippen LogP contribution >= 0.6 is 24.0 Å². The smallest absolute Gasteiger partial charge is 0.191 e. The summed E-state index contributed by atoms with van der Waals surface area (Å²) in [5, 5.41) is 17.2. The van der Waals surface area contributed by atoms with E-state index in [0.29, 0.717) is 24.3 Å². The molecule has 1 saturated carbocycles. The average molecular weight is 448 g/mol. The average Bonchev–Trinajstić information content (AvgIpc) is 3.08. The lowest BCUT2D eigenvalue weighted by Crippen LogP contribution is -2.49. The number of nitrogens with zero attached hydrogens (tertiary/aromatic N) is 2. The van der Waals surface area contributed by atoms with Crippen LogP contribution in [0.1, 0.15) is 32.4 Å². The van der Waals surface area contributed by atoms with E-state index in [1.807, 2.05) is 0 Å². The molecule has 2 aliphatic rings. The van der Waals surface area contributed by atoms with E-state index in [0.717, 1.165) is 25.1 Å². The molecule has 1 aromatic rings. The maximum absolute atomic E-state index is 10.5. The Balaban J connectivity index is 0.00000208. The molecule has 3 unspecified atom stereocenters. The predicted octanol–water partition coefficient (Wildman–Crippen LogP) is 1.75. The molecule has 3 rings (SSSR count). The highest BCUT2D eigenvalue weighted by Crippen LogP contribution is 2.31. The standard InChI is InChI=1S/C17H28N4O2.HI/c1-12-9-21(13-6-7-13)10-14(12)20-16(18-3)19-11-17(2,22)15-5-4-8-23-15;/h4-5,8,12-14,22H,6-7,9-11H2,1-3H3,(H2,18,19,20);1H. The fraction of sp³-hybridized carbons (Fsp3) is 0.706. The lowest BCUT2D eigenvalue weighted by Gasteiger charge is -2.25. The van der Waals surface area contributed by atoms with E-state index in [2.05, 4.69) is 27.4 Å². The molecule has 3 N–H and O–H groups in total. The van der Waals surface area contributed by atoms with Crippen molar-refractivity contribution < 1.29 is 9.52 Å². The molecule has 0 radical (unpaired) electrons. The zero-order chi connectivity index (χ0) is 16.4. The van der Waals surface area contributed by atoms with Crippen molar-refractivity contribution in [3.8, 4) is 0 Å². The van der Waals surface area contributed by atoms with E-state index in [1.165, 1.54) is 12.8 Å². The fourth-order valence-corrected chi connectivity index (χ4v) is 3.23. The first-order valence-corrected chi connectivity index (χ1v) is 8.47. The van der Waals surface area contributed by atoms with Crippen LogP contribution in [-0.4, -0.2) is 54.7 Å². The summed E-state index contributed by atoms with van der Waals surface area (Å²) in [5.74, 6) is 1.88. The van der Waals surface area contributed by atoms with Gasteiger partial charge in [-0.15, -0.1) is 24.0 Å². The minimum absolute atomic E-state index is 0. The van der Waals surface area contributed by atoms with Crippen molar-refractivity contribution in [1.29, 1.82) is 0 Å². The van der Waals surface area contributed by atoms with Gasteiger partial charge < -0.3 is 20.2 Å². The van der Waals surface area contributed by atoms with Crippen LogP contribution in [0.25, 0.3) is 0 Å². The molecular weight excluding hydrogens is 419 g/mol. The number of guanidine groups is 1. The zero-order valence-corrected chi connectivity index (χ0v) is 17.0. The van der Waals surface area contributed by atoms with Crippen LogP contribution in [0.15, 0.2) is 27.8 Å². The third kappa shape index (κ3) is 4.64. The van der Waals surface area contributed by atoms with Gasteiger partial charge in [-0.1, -0.05) is 6.92 Å². The van der Waals surface area contributed by atoms with Crippen LogP contribution in [0, 0.1) is 5.92 Å². The van der Waals surface area contributed by atoms with Crippen LogP contribution < -0.4 is 10.6 Å². The van der Waals surface area contributed by atoms with Gasteiger partial charge in [-0.2, -0.15) is 0 Å². The van der Waals surface area contributed by atoms with Crippen molar-refractivity contribution in [1.82, 2.24) is 15.5 Å². The third-order valence-electron chi connectivity index (χ3n) is 4.90. The molecule has 3 atom stereocenters. The Hall–Kier alpha value is -0.800. The highest BCUT2D eigenvalue weighted by atomic mass is 127. The second-order valence-corrected chi connectivity index (χ2v) is 7.09. The Bertz CT molecular complexity index is 543. The molecule has 6 nitrogen and oxygen atoms in total. The Kier molecular flexibility index (Phi) is 6.55. The SMILES string of the molecule is CN=C(NCC(C)(O)c1ccco1)NC1CN(C2CC2)CC1C.I. The first-order chi connectivity index (χ1) is 11.0. The van der Waals surface area contributed by atoms with Gasteiger partial charge in [0.2, 0.25) is 0 Å². The summed E-state index contributed by atoms with van der Waals surface area (Å²) >= 11 is 0. The maximum atomic E-state index is 10.5. The molecule has 0 bridgehead atoms. The number of nitrogens with one attached hydrogen (secondary N) is 2. The van der Waals surface area contributed by atoms with Crippen LogP contribution in [0.2, 0.25) is 0 Å². The van der Waals surface area contributed by atoms with Crippen LogP contribution in [-0.2, 0) is 5.60 Å². The van der Waals surface area contributed by atoms with E-state index in [9.17, 15) is 5.11 Å². The number of furan rings is 1. The van der Waals surface area contributed by atoms with Gasteiger partial charge in [0.15, 0.2) is 5.96 Å². The highest BCUT2D eigenvalue weighted by Gasteiger charge is 2.38. The quantitative estimate of drug-likeness (QED) is 0.364. The third-order valence-corrected chi connectivity index (χ3v) is 4.90. The van der Waals surface area contributed by atoms with Gasteiger partial charge in [0, 0.05) is 32.2 Å². The molecule has 24 heavy (non-hydrogen) atoms. The highest BCUT2D eigenvalue weighted by molar-refractivity contribution is 14.0. The van der Waals surface area contributed by atoms with Gasteiger partial charge in [0.25, 0.3) is 0 Å². The van der Waals surface area contributed by atoms with Gasteiger partial charge >= 0.3 is 0 Å². The molecule has 0 spiro atoms. The topological polar surface area (TPSA) is 73.0 Å². The normalized spacial score (nSPS) is 27.4. The molecule has 2 fully saturated rings. The summed E-state index contributed by atoms with van der Waals surface area (Å²) in [5.41, 5.74) is -1.07. The Morgan fingerprint density at radius 2 is 2.21 bits per heavy atom. The fourth-order valence-electron chi connectivity index (χ4n) is 3.23.